The molecule has 0 amide bonds. The van der Waals surface area contributed by atoms with E-state index in [1.54, 1.807) is 0 Å². The summed E-state index contributed by atoms with van der Waals surface area (Å²) in [5.41, 5.74) is 0. The fourth-order valence-electron chi connectivity index (χ4n) is 0.968. The molecule has 1 aliphatic carbocycles. The van der Waals surface area contributed by atoms with Crippen molar-refractivity contribution >= 4 is 0 Å². The molecule has 0 aliphatic heterocycles. The molecule has 1 aliphatic rings. The van der Waals surface area contributed by atoms with E-state index in [2.05, 4.69) is 13.8 Å². The fourth-order valence-corrected chi connectivity index (χ4v) is 0.968. The second-order valence-corrected chi connectivity index (χ2v) is 2.38. The van der Waals surface area contributed by atoms with E-state index in [4.69, 9.17) is 0 Å². The quantitative estimate of drug-likeness (QED) is 0.456. The van der Waals surface area contributed by atoms with Crippen LogP contribution in [0.25, 0.3) is 0 Å². The first-order valence-corrected chi connectivity index (χ1v) is 2.84. The Morgan fingerprint density at radius 1 is 1.67 bits per heavy atom. The smallest absolute Gasteiger partial charge is 0.0388 e. The van der Waals surface area contributed by atoms with Gasteiger partial charge in [0, 0.05) is 0 Å². The fraction of sp³-hybridized carbons (Fsp3) is 1.00. The first-order chi connectivity index (χ1) is 2.84. The number of hydrogen-bond donors (Lipinski definition) is 0. The summed E-state index contributed by atoms with van der Waals surface area (Å²) in [7, 11) is 0. The van der Waals surface area contributed by atoms with E-state index in [9.17, 15) is 0 Å². The highest BCUT2D eigenvalue weighted by Crippen LogP contribution is 2.39. The van der Waals surface area contributed by atoms with Gasteiger partial charge in [-0.1, -0.05) is 20.3 Å². The molecule has 0 aromatic rings. The van der Waals surface area contributed by atoms with Crippen LogP contribution in [0.15, 0.2) is 0 Å². The lowest BCUT2D eigenvalue weighted by molar-refractivity contribution is 0.724. The van der Waals surface area contributed by atoms with Crippen molar-refractivity contribution < 1.29 is 0 Å². The molecule has 0 bridgehead atoms. The third-order valence-electron chi connectivity index (χ3n) is 1.80. The first-order valence-electron chi connectivity index (χ1n) is 2.84. The van der Waals surface area contributed by atoms with Gasteiger partial charge in [0.2, 0.25) is 0 Å². The first kappa shape index (κ1) is 4.17. The highest BCUT2D eigenvalue weighted by Gasteiger charge is 2.29. The van der Waals surface area contributed by atoms with Crippen LogP contribution in [-0.4, -0.2) is 0 Å². The number of rotatable bonds is 1. The molecular weight excluding hydrogens is 72.1 g/mol. The molecule has 36 valence electrons. The van der Waals surface area contributed by atoms with Crippen molar-refractivity contribution in [3.8, 4) is 0 Å². The van der Waals surface area contributed by atoms with E-state index in [0.29, 0.717) is 0 Å². The van der Waals surface area contributed by atoms with Crippen molar-refractivity contribution in [1.82, 2.24) is 0 Å². The van der Waals surface area contributed by atoms with E-state index < -0.39 is 0 Å². The Morgan fingerprint density at radius 3 is 2.17 bits per heavy atom. The summed E-state index contributed by atoms with van der Waals surface area (Å²) in [6.07, 6.45) is 2.90. The Bertz CT molecular complexity index is 46.0. The molecule has 0 N–H and O–H groups in total. The summed E-state index contributed by atoms with van der Waals surface area (Å²) < 4.78 is 0. The summed E-state index contributed by atoms with van der Waals surface area (Å²) in [5.74, 6) is 2.17. The minimum absolute atomic E-state index is 1.06. The van der Waals surface area contributed by atoms with Crippen molar-refractivity contribution in [1.29, 1.82) is 0 Å². The van der Waals surface area contributed by atoms with Gasteiger partial charge in [-0.05, 0) is 18.3 Å². The van der Waals surface area contributed by atoms with Gasteiger partial charge in [-0.25, -0.2) is 0 Å². The molecular formula is C6H12. The molecule has 6 heavy (non-hydrogen) atoms. The predicted octanol–water partition coefficient (Wildman–Crippen LogP) is 2.05. The van der Waals surface area contributed by atoms with Crippen molar-refractivity contribution in [2.45, 2.75) is 26.7 Å². The van der Waals surface area contributed by atoms with E-state index in [-0.39, 0.29) is 0 Å². The maximum Gasteiger partial charge on any atom is -0.0388 e. The molecule has 0 heteroatoms. The van der Waals surface area contributed by atoms with Crippen LogP contribution in [0.1, 0.15) is 26.7 Å². The molecule has 1 rings (SSSR count). The molecule has 0 aromatic heterocycles. The highest BCUT2D eigenvalue weighted by molar-refractivity contribution is 4.80. The Hall–Kier alpha value is 0. The van der Waals surface area contributed by atoms with Gasteiger partial charge in [-0.2, -0.15) is 0 Å². The average molecular weight is 84.2 g/mol. The highest BCUT2D eigenvalue weighted by atomic mass is 14.3. The molecule has 0 radical (unpaired) electrons. The Labute approximate surface area is 39.6 Å². The van der Waals surface area contributed by atoms with Crippen LogP contribution in [0.2, 0.25) is 0 Å². The molecule has 1 fully saturated rings. The van der Waals surface area contributed by atoms with Crippen molar-refractivity contribution in [2.24, 2.45) is 11.8 Å². The Morgan fingerprint density at radius 2 is 2.17 bits per heavy atom. The molecule has 0 spiro atoms. The maximum atomic E-state index is 2.33. The summed E-state index contributed by atoms with van der Waals surface area (Å²) in [5, 5.41) is 0. The summed E-state index contributed by atoms with van der Waals surface area (Å²) in [6, 6.07) is 0. The van der Waals surface area contributed by atoms with Crippen LogP contribution >= 0.6 is 0 Å². The lowest BCUT2D eigenvalue weighted by Crippen LogP contribution is -1.68. The zero-order valence-electron chi connectivity index (χ0n) is 4.57. The zero-order valence-corrected chi connectivity index (χ0v) is 4.57. The van der Waals surface area contributed by atoms with Crippen LogP contribution in [0, 0.1) is 11.8 Å². The Balaban J connectivity index is 2.09. The van der Waals surface area contributed by atoms with Gasteiger partial charge in [0.05, 0.1) is 0 Å². The summed E-state index contributed by atoms with van der Waals surface area (Å²) in [4.78, 5) is 0. The average Bonchev–Trinajstić information content (AvgIpc) is 2.19. The molecule has 0 aromatic carbocycles. The minimum atomic E-state index is 1.06. The second-order valence-electron chi connectivity index (χ2n) is 2.38. The third-order valence-corrected chi connectivity index (χ3v) is 1.80. The molecule has 0 nitrogen and oxygen atoms in total. The van der Waals surface area contributed by atoms with Crippen LogP contribution in [-0.2, 0) is 0 Å². The largest absolute Gasteiger partial charge is 0.0651 e. The van der Waals surface area contributed by atoms with E-state index in [1.165, 1.54) is 12.8 Å². The van der Waals surface area contributed by atoms with E-state index in [1.807, 2.05) is 0 Å². The lowest BCUT2D eigenvalue weighted by atomic mass is 10.3. The lowest BCUT2D eigenvalue weighted by Gasteiger charge is -1.79. The summed E-state index contributed by atoms with van der Waals surface area (Å²) >= 11 is 0. The van der Waals surface area contributed by atoms with Crippen LogP contribution in [0.3, 0.4) is 0 Å². The van der Waals surface area contributed by atoms with Gasteiger partial charge in [0.15, 0.2) is 0 Å². The van der Waals surface area contributed by atoms with Gasteiger partial charge < -0.3 is 0 Å². The van der Waals surface area contributed by atoms with Crippen LogP contribution < -0.4 is 0 Å². The van der Waals surface area contributed by atoms with Crippen LogP contribution in [0.4, 0.5) is 0 Å². The topological polar surface area (TPSA) is 0 Å². The van der Waals surface area contributed by atoms with Crippen molar-refractivity contribution in [3.63, 3.8) is 0 Å². The molecule has 1 saturated carbocycles. The predicted molar refractivity (Wildman–Crippen MR) is 27.6 cm³/mol. The Kier molecular flexibility index (Phi) is 0.868. The molecule has 0 heterocycles. The standard InChI is InChI=1S/C6H12/c1-3-6-4-5(6)2/h5-6H,3-4H2,1-2H3/t5?,6-/m1/s1. The monoisotopic (exact) mass is 84.1 g/mol. The van der Waals surface area contributed by atoms with Crippen molar-refractivity contribution in [3.05, 3.63) is 0 Å². The molecule has 0 saturated heterocycles. The molecule has 1 unspecified atom stereocenters. The minimum Gasteiger partial charge on any atom is -0.0651 e. The number of hydrogen-bond acceptors (Lipinski definition) is 0. The third kappa shape index (κ3) is 0.562. The van der Waals surface area contributed by atoms with Gasteiger partial charge in [0.1, 0.15) is 0 Å². The summed E-state index contributed by atoms with van der Waals surface area (Å²) in [6.45, 7) is 4.60. The van der Waals surface area contributed by atoms with Gasteiger partial charge >= 0.3 is 0 Å². The normalized spacial score (nSPS) is 43.0. The van der Waals surface area contributed by atoms with Crippen LogP contribution in [0.5, 0.6) is 0 Å². The van der Waals surface area contributed by atoms with Gasteiger partial charge in [0.25, 0.3) is 0 Å². The van der Waals surface area contributed by atoms with Crippen molar-refractivity contribution in [2.75, 3.05) is 0 Å². The van der Waals surface area contributed by atoms with E-state index in [0.717, 1.165) is 11.8 Å². The zero-order chi connectivity index (χ0) is 4.57. The van der Waals surface area contributed by atoms with Gasteiger partial charge in [-0.3, -0.25) is 0 Å². The SMILES string of the molecule is CC[C@@H]1CC1C. The second kappa shape index (κ2) is 1.25. The van der Waals surface area contributed by atoms with Gasteiger partial charge in [-0.15, -0.1) is 0 Å². The van der Waals surface area contributed by atoms with E-state index >= 15 is 0 Å². The maximum absolute atomic E-state index is 2.33. The molecule has 2 atom stereocenters.